The Hall–Kier alpha value is -2.41. The van der Waals surface area contributed by atoms with Crippen LogP contribution >= 0.6 is 0 Å². The standard InChI is InChI=1S/C21H29N5O2/c27-20(16-26-21(28)25-13-3-1-2-6-19(25)23-26)22-14-17-7-9-18(10-8-17)15-24-11-4-5-12-24/h7-10H,1-6,11-16H2,(H,22,27). The van der Waals surface area contributed by atoms with Gasteiger partial charge in [-0.2, -0.15) is 5.10 Å². The Morgan fingerprint density at radius 1 is 0.964 bits per heavy atom. The third-order valence-electron chi connectivity index (χ3n) is 5.69. The van der Waals surface area contributed by atoms with Gasteiger partial charge in [-0.3, -0.25) is 14.3 Å². The molecule has 0 saturated carbocycles. The maximum Gasteiger partial charge on any atom is 0.346 e. The van der Waals surface area contributed by atoms with Crippen LogP contribution in [-0.2, 0) is 37.4 Å². The molecule has 0 radical (unpaired) electrons. The second-order valence-corrected chi connectivity index (χ2v) is 7.90. The third-order valence-corrected chi connectivity index (χ3v) is 5.69. The number of benzene rings is 1. The molecule has 0 bridgehead atoms. The average molecular weight is 383 g/mol. The zero-order valence-corrected chi connectivity index (χ0v) is 16.4. The minimum absolute atomic E-state index is 0.0219. The van der Waals surface area contributed by atoms with Gasteiger partial charge in [0.15, 0.2) is 0 Å². The number of aryl methyl sites for hydroxylation is 1. The van der Waals surface area contributed by atoms with Crippen LogP contribution in [-0.4, -0.2) is 38.2 Å². The van der Waals surface area contributed by atoms with Crippen molar-refractivity contribution in [1.82, 2.24) is 24.6 Å². The first-order chi connectivity index (χ1) is 13.7. The van der Waals surface area contributed by atoms with Crippen molar-refractivity contribution in [2.24, 2.45) is 0 Å². The molecule has 7 nitrogen and oxygen atoms in total. The van der Waals surface area contributed by atoms with E-state index in [1.165, 1.54) is 36.2 Å². The third kappa shape index (κ3) is 4.52. The van der Waals surface area contributed by atoms with Crippen LogP contribution in [0, 0.1) is 0 Å². The maximum absolute atomic E-state index is 12.4. The Labute approximate surface area is 165 Å². The number of aromatic nitrogens is 3. The molecule has 1 fully saturated rings. The van der Waals surface area contributed by atoms with Crippen molar-refractivity contribution < 1.29 is 4.79 Å². The van der Waals surface area contributed by atoms with E-state index in [0.29, 0.717) is 13.1 Å². The van der Waals surface area contributed by atoms with Crippen LogP contribution in [0.15, 0.2) is 29.1 Å². The van der Waals surface area contributed by atoms with E-state index in [4.69, 9.17) is 0 Å². The summed E-state index contributed by atoms with van der Waals surface area (Å²) in [6, 6.07) is 8.40. The van der Waals surface area contributed by atoms with Gasteiger partial charge >= 0.3 is 5.69 Å². The molecule has 2 aromatic rings. The summed E-state index contributed by atoms with van der Waals surface area (Å²) in [4.78, 5) is 27.2. The van der Waals surface area contributed by atoms with Gasteiger partial charge in [-0.15, -0.1) is 0 Å². The molecule has 1 amide bonds. The maximum atomic E-state index is 12.4. The Balaban J connectivity index is 1.29. The van der Waals surface area contributed by atoms with Crippen molar-refractivity contribution in [3.05, 3.63) is 51.7 Å². The highest BCUT2D eigenvalue weighted by atomic mass is 16.2. The normalized spacial score (nSPS) is 17.3. The molecule has 4 rings (SSSR count). The van der Waals surface area contributed by atoms with Crippen LogP contribution in [0.25, 0.3) is 0 Å². The molecule has 1 N–H and O–H groups in total. The molecule has 7 heteroatoms. The SMILES string of the molecule is O=C(Cn1nc2n(c1=O)CCCCC2)NCc1ccc(CN2CCCC2)cc1. The van der Waals surface area contributed by atoms with E-state index in [2.05, 4.69) is 39.6 Å². The van der Waals surface area contributed by atoms with Gasteiger partial charge in [0.05, 0.1) is 0 Å². The fourth-order valence-electron chi connectivity index (χ4n) is 4.08. The van der Waals surface area contributed by atoms with E-state index < -0.39 is 0 Å². The van der Waals surface area contributed by atoms with Gasteiger partial charge in [-0.25, -0.2) is 9.48 Å². The number of rotatable bonds is 6. The molecule has 2 aliphatic rings. The molecule has 0 unspecified atom stereocenters. The van der Waals surface area contributed by atoms with Crippen LogP contribution in [0.5, 0.6) is 0 Å². The van der Waals surface area contributed by atoms with Gasteiger partial charge in [0.25, 0.3) is 0 Å². The Bertz CT molecular complexity index is 862. The molecule has 3 heterocycles. The summed E-state index contributed by atoms with van der Waals surface area (Å²) in [6.07, 6.45) is 6.59. The van der Waals surface area contributed by atoms with Crippen LogP contribution in [0.1, 0.15) is 49.1 Å². The van der Waals surface area contributed by atoms with Crippen molar-refractivity contribution in [3.8, 4) is 0 Å². The van der Waals surface area contributed by atoms with Crippen LogP contribution < -0.4 is 11.0 Å². The van der Waals surface area contributed by atoms with Crippen LogP contribution in [0.3, 0.4) is 0 Å². The Kier molecular flexibility index (Phi) is 5.90. The van der Waals surface area contributed by atoms with Crippen molar-refractivity contribution in [1.29, 1.82) is 0 Å². The van der Waals surface area contributed by atoms with Gasteiger partial charge in [0, 0.05) is 26.1 Å². The van der Waals surface area contributed by atoms with E-state index in [0.717, 1.165) is 43.6 Å². The quantitative estimate of drug-likeness (QED) is 0.824. The number of likely N-dealkylation sites (tertiary alicyclic amines) is 1. The number of hydrogen-bond donors (Lipinski definition) is 1. The topological polar surface area (TPSA) is 72.2 Å². The predicted octanol–water partition coefficient (Wildman–Crippen LogP) is 1.68. The Morgan fingerprint density at radius 2 is 1.68 bits per heavy atom. The van der Waals surface area contributed by atoms with E-state index in [1.54, 1.807) is 4.57 Å². The zero-order chi connectivity index (χ0) is 19.3. The van der Waals surface area contributed by atoms with Crippen molar-refractivity contribution in [2.45, 2.75) is 64.7 Å². The lowest BCUT2D eigenvalue weighted by atomic mass is 10.1. The number of nitrogens with zero attached hydrogens (tertiary/aromatic N) is 4. The second kappa shape index (κ2) is 8.73. The molecule has 0 spiro atoms. The summed E-state index contributed by atoms with van der Waals surface area (Å²) >= 11 is 0. The number of fused-ring (bicyclic) bond motifs is 1. The van der Waals surface area contributed by atoms with E-state index >= 15 is 0 Å². The Morgan fingerprint density at radius 3 is 2.46 bits per heavy atom. The van der Waals surface area contributed by atoms with Crippen LogP contribution in [0.2, 0.25) is 0 Å². The molecule has 0 atom stereocenters. The molecule has 1 saturated heterocycles. The lowest BCUT2D eigenvalue weighted by Gasteiger charge is -2.14. The lowest BCUT2D eigenvalue weighted by molar-refractivity contribution is -0.122. The number of carbonyl (C=O) groups is 1. The lowest BCUT2D eigenvalue weighted by Crippen LogP contribution is -2.33. The van der Waals surface area contributed by atoms with Crippen molar-refractivity contribution in [2.75, 3.05) is 13.1 Å². The fourth-order valence-corrected chi connectivity index (χ4v) is 4.08. The first-order valence-electron chi connectivity index (χ1n) is 10.4. The summed E-state index contributed by atoms with van der Waals surface area (Å²) < 4.78 is 3.02. The van der Waals surface area contributed by atoms with Gasteiger partial charge in [-0.05, 0) is 49.9 Å². The molecule has 0 aliphatic carbocycles. The second-order valence-electron chi connectivity index (χ2n) is 7.90. The molecule has 1 aromatic carbocycles. The summed E-state index contributed by atoms with van der Waals surface area (Å²) in [5.74, 6) is 0.625. The number of nitrogens with one attached hydrogen (secondary N) is 1. The summed E-state index contributed by atoms with van der Waals surface area (Å²) in [7, 11) is 0. The molecule has 150 valence electrons. The van der Waals surface area contributed by atoms with Gasteiger partial charge in [0.2, 0.25) is 5.91 Å². The number of amides is 1. The van der Waals surface area contributed by atoms with Gasteiger partial charge in [-0.1, -0.05) is 30.7 Å². The minimum atomic E-state index is -0.184. The summed E-state index contributed by atoms with van der Waals surface area (Å²) in [5, 5.41) is 7.27. The highest BCUT2D eigenvalue weighted by Crippen LogP contribution is 2.13. The predicted molar refractivity (Wildman–Crippen MR) is 107 cm³/mol. The fraction of sp³-hybridized carbons (Fsp3) is 0.571. The number of carbonyl (C=O) groups excluding carboxylic acids is 1. The van der Waals surface area contributed by atoms with Gasteiger partial charge in [0.1, 0.15) is 12.4 Å². The molecule has 28 heavy (non-hydrogen) atoms. The zero-order valence-electron chi connectivity index (χ0n) is 16.4. The van der Waals surface area contributed by atoms with E-state index in [9.17, 15) is 9.59 Å². The largest absolute Gasteiger partial charge is 0.350 e. The first-order valence-corrected chi connectivity index (χ1v) is 10.4. The first kappa shape index (κ1) is 18.9. The highest BCUT2D eigenvalue weighted by Gasteiger charge is 2.17. The van der Waals surface area contributed by atoms with E-state index in [-0.39, 0.29) is 18.1 Å². The monoisotopic (exact) mass is 383 g/mol. The molecule has 2 aliphatic heterocycles. The van der Waals surface area contributed by atoms with Crippen molar-refractivity contribution in [3.63, 3.8) is 0 Å². The molecule has 1 aromatic heterocycles. The van der Waals surface area contributed by atoms with Crippen LogP contribution in [0.4, 0.5) is 0 Å². The highest BCUT2D eigenvalue weighted by molar-refractivity contribution is 5.75. The van der Waals surface area contributed by atoms with Crippen molar-refractivity contribution >= 4 is 5.91 Å². The molecular formula is C21H29N5O2. The van der Waals surface area contributed by atoms with E-state index in [1.807, 2.05) is 0 Å². The number of hydrogen-bond acceptors (Lipinski definition) is 4. The average Bonchev–Trinajstić information content (AvgIpc) is 3.23. The summed E-state index contributed by atoms with van der Waals surface area (Å²) in [5.41, 5.74) is 2.20. The van der Waals surface area contributed by atoms with Gasteiger partial charge < -0.3 is 5.32 Å². The summed E-state index contributed by atoms with van der Waals surface area (Å²) in [6.45, 7) is 4.53. The minimum Gasteiger partial charge on any atom is -0.350 e. The molecular weight excluding hydrogens is 354 g/mol. The smallest absolute Gasteiger partial charge is 0.346 e.